The molecule has 2 heterocycles. The number of thioether (sulfide) groups is 1. The molecule has 5 nitrogen and oxygen atoms in total. The molecule has 1 aliphatic carbocycles. The number of ether oxygens (including phenoxy) is 4. The Morgan fingerprint density at radius 2 is 2.09 bits per heavy atom. The molecule has 0 N–H and O–H groups in total. The number of rotatable bonds is 9. The summed E-state index contributed by atoms with van der Waals surface area (Å²) in [4.78, 5) is 4.52. The molecule has 0 amide bonds. The van der Waals surface area contributed by atoms with Crippen LogP contribution in [-0.4, -0.2) is 37.3 Å². The van der Waals surface area contributed by atoms with E-state index in [1.54, 1.807) is 7.11 Å². The van der Waals surface area contributed by atoms with E-state index >= 15 is 0 Å². The molecule has 1 aromatic heterocycles. The van der Waals surface area contributed by atoms with Crippen molar-refractivity contribution < 1.29 is 18.9 Å². The zero-order valence-corrected chi connectivity index (χ0v) is 20.9. The highest BCUT2D eigenvalue weighted by Crippen LogP contribution is 2.44. The van der Waals surface area contributed by atoms with E-state index in [4.69, 9.17) is 18.9 Å². The van der Waals surface area contributed by atoms with Crippen molar-refractivity contribution in [1.82, 2.24) is 4.98 Å². The lowest BCUT2D eigenvalue weighted by Crippen LogP contribution is -2.05. The Labute approximate surface area is 205 Å². The third-order valence-corrected chi connectivity index (χ3v) is 7.25. The van der Waals surface area contributed by atoms with Gasteiger partial charge in [0.1, 0.15) is 23.4 Å². The van der Waals surface area contributed by atoms with Crippen LogP contribution in [0.2, 0.25) is 0 Å². The summed E-state index contributed by atoms with van der Waals surface area (Å²) >= 11 is 1.84. The van der Waals surface area contributed by atoms with E-state index in [0.29, 0.717) is 12.5 Å². The van der Waals surface area contributed by atoms with Crippen LogP contribution < -0.4 is 18.9 Å². The lowest BCUT2D eigenvalue weighted by molar-refractivity contribution is 0.198. The molecule has 2 aromatic carbocycles. The number of nitrogens with zero attached hydrogens (tertiary/aromatic N) is 1. The molecule has 3 aromatic rings. The van der Waals surface area contributed by atoms with Crippen molar-refractivity contribution in [3.63, 3.8) is 0 Å². The maximum atomic E-state index is 6.34. The maximum absolute atomic E-state index is 6.34. The second kappa shape index (κ2) is 10.2. The first-order valence-electron chi connectivity index (χ1n) is 11.9. The van der Waals surface area contributed by atoms with E-state index in [9.17, 15) is 0 Å². The minimum absolute atomic E-state index is 0.0211. The first-order valence-corrected chi connectivity index (χ1v) is 13.3. The van der Waals surface area contributed by atoms with Gasteiger partial charge in [0, 0.05) is 35.9 Å². The Bertz CT molecular complexity index is 1180. The normalized spacial score (nSPS) is 16.0. The van der Waals surface area contributed by atoms with Crippen LogP contribution in [0.25, 0.3) is 11.1 Å². The third kappa shape index (κ3) is 4.56. The van der Waals surface area contributed by atoms with Crippen molar-refractivity contribution in [2.75, 3.05) is 32.3 Å². The van der Waals surface area contributed by atoms with Crippen LogP contribution in [0, 0.1) is 6.92 Å². The number of hydrogen-bond donors (Lipinski definition) is 0. The van der Waals surface area contributed by atoms with E-state index in [1.807, 2.05) is 30.1 Å². The Balaban J connectivity index is 1.41. The van der Waals surface area contributed by atoms with Crippen molar-refractivity contribution in [3.05, 3.63) is 64.8 Å². The summed E-state index contributed by atoms with van der Waals surface area (Å²) in [5.74, 6) is 4.32. The van der Waals surface area contributed by atoms with Crippen LogP contribution in [0.5, 0.6) is 23.1 Å². The fourth-order valence-electron chi connectivity index (χ4n) is 4.93. The van der Waals surface area contributed by atoms with E-state index in [1.165, 1.54) is 16.7 Å². The molecule has 1 unspecified atom stereocenters. The average Bonchev–Trinajstić information content (AvgIpc) is 3.48. The molecule has 34 heavy (non-hydrogen) atoms. The van der Waals surface area contributed by atoms with Gasteiger partial charge in [-0.25, -0.2) is 4.98 Å². The summed E-state index contributed by atoms with van der Waals surface area (Å²) in [6.45, 7) is 3.56. The van der Waals surface area contributed by atoms with E-state index in [0.717, 1.165) is 72.0 Å². The molecule has 0 spiro atoms. The Kier molecular flexibility index (Phi) is 6.86. The van der Waals surface area contributed by atoms with Gasteiger partial charge in [0.2, 0.25) is 5.88 Å². The van der Waals surface area contributed by atoms with E-state index in [2.05, 4.69) is 42.4 Å². The average molecular weight is 478 g/mol. The number of benzene rings is 2. The number of aromatic nitrogens is 1. The summed E-state index contributed by atoms with van der Waals surface area (Å²) < 4.78 is 23.9. The quantitative estimate of drug-likeness (QED) is 0.342. The Morgan fingerprint density at radius 1 is 1.18 bits per heavy atom. The number of fused-ring (bicyclic) bond motifs is 2. The lowest BCUT2D eigenvalue weighted by atomic mass is 9.92. The molecule has 0 saturated heterocycles. The predicted molar refractivity (Wildman–Crippen MR) is 137 cm³/mol. The van der Waals surface area contributed by atoms with E-state index in [-0.39, 0.29) is 6.10 Å². The summed E-state index contributed by atoms with van der Waals surface area (Å²) in [7, 11) is 1.73. The molecular formula is C28H31NO4S. The van der Waals surface area contributed by atoms with Crippen LogP contribution in [0.4, 0.5) is 0 Å². The number of pyridine rings is 1. The van der Waals surface area contributed by atoms with Gasteiger partial charge >= 0.3 is 0 Å². The van der Waals surface area contributed by atoms with Gasteiger partial charge in [-0.05, 0) is 66.5 Å². The van der Waals surface area contributed by atoms with Crippen molar-refractivity contribution >= 4 is 11.8 Å². The number of aryl methyl sites for hydroxylation is 1. The van der Waals surface area contributed by atoms with E-state index < -0.39 is 0 Å². The van der Waals surface area contributed by atoms with Crippen LogP contribution in [-0.2, 0) is 12.8 Å². The second-order valence-corrected chi connectivity index (χ2v) is 9.75. The van der Waals surface area contributed by atoms with Gasteiger partial charge in [0.25, 0.3) is 0 Å². The fraction of sp³-hybridized carbons (Fsp3) is 0.393. The van der Waals surface area contributed by atoms with Crippen LogP contribution in [0.1, 0.15) is 41.2 Å². The van der Waals surface area contributed by atoms with Crippen molar-refractivity contribution in [2.45, 2.75) is 38.7 Å². The topological polar surface area (TPSA) is 49.8 Å². The summed E-state index contributed by atoms with van der Waals surface area (Å²) in [6.07, 6.45) is 7.80. The monoisotopic (exact) mass is 477 g/mol. The van der Waals surface area contributed by atoms with Gasteiger partial charge in [0.15, 0.2) is 0 Å². The summed E-state index contributed by atoms with van der Waals surface area (Å²) in [5, 5.41) is 0. The first kappa shape index (κ1) is 22.9. The number of methoxy groups -OCH3 is 1. The summed E-state index contributed by atoms with van der Waals surface area (Å²) in [6, 6.07) is 12.5. The van der Waals surface area contributed by atoms with Gasteiger partial charge in [-0.15, -0.1) is 0 Å². The van der Waals surface area contributed by atoms with Crippen molar-refractivity contribution in [1.29, 1.82) is 0 Å². The Morgan fingerprint density at radius 3 is 2.94 bits per heavy atom. The first-order chi connectivity index (χ1) is 16.7. The highest BCUT2D eigenvalue weighted by Gasteiger charge is 2.29. The zero-order chi connectivity index (χ0) is 23.5. The van der Waals surface area contributed by atoms with Gasteiger partial charge in [-0.3, -0.25) is 0 Å². The minimum atomic E-state index is -0.0211. The third-order valence-electron chi connectivity index (χ3n) is 6.55. The van der Waals surface area contributed by atoms with Gasteiger partial charge in [-0.1, -0.05) is 18.2 Å². The molecule has 5 rings (SSSR count). The van der Waals surface area contributed by atoms with Gasteiger partial charge in [-0.2, -0.15) is 11.8 Å². The molecule has 6 heteroatoms. The van der Waals surface area contributed by atoms with Crippen molar-refractivity contribution in [2.24, 2.45) is 0 Å². The highest BCUT2D eigenvalue weighted by molar-refractivity contribution is 7.98. The van der Waals surface area contributed by atoms with Gasteiger partial charge in [0.05, 0.1) is 20.3 Å². The van der Waals surface area contributed by atoms with Crippen LogP contribution in [0.15, 0.2) is 42.6 Å². The number of hydrogen-bond acceptors (Lipinski definition) is 6. The van der Waals surface area contributed by atoms with Crippen molar-refractivity contribution in [3.8, 4) is 34.3 Å². The molecule has 0 saturated carbocycles. The second-order valence-electron chi connectivity index (χ2n) is 8.76. The summed E-state index contributed by atoms with van der Waals surface area (Å²) in [5.41, 5.74) is 7.17. The zero-order valence-electron chi connectivity index (χ0n) is 20.1. The lowest BCUT2D eigenvalue weighted by Gasteiger charge is -2.18. The molecule has 1 atom stereocenters. The Hall–Kier alpha value is -2.86. The maximum Gasteiger partial charge on any atom is 0.217 e. The largest absolute Gasteiger partial charge is 0.496 e. The molecule has 0 fully saturated rings. The highest BCUT2D eigenvalue weighted by atomic mass is 32.2. The fourth-order valence-corrected chi connectivity index (χ4v) is 5.34. The molecule has 0 radical (unpaired) electrons. The standard InChI is InChI=1S/C28H31NO4S/c1-18-14-20(31-11-5-13-34-3)15-26(30-2)28(18)23-7-4-6-22-21(23)8-9-24(22)33-27-16-25-19(17-29-27)10-12-32-25/h4,6-7,14-17,24H,5,8-13H2,1-3H3. The molecule has 0 bridgehead atoms. The molecule has 178 valence electrons. The predicted octanol–water partition coefficient (Wildman–Crippen LogP) is 6.20. The minimum Gasteiger partial charge on any atom is -0.496 e. The van der Waals surface area contributed by atoms with Crippen LogP contribution in [0.3, 0.4) is 0 Å². The molecule has 1 aliphatic heterocycles. The SMILES string of the molecule is COc1cc(OCCCSC)cc(C)c1-c1cccc2c1CCC2Oc1cc2c(cn1)CCO2. The van der Waals surface area contributed by atoms with Crippen LogP contribution >= 0.6 is 11.8 Å². The molecule has 2 aliphatic rings. The van der Waals surface area contributed by atoms with Gasteiger partial charge < -0.3 is 18.9 Å². The smallest absolute Gasteiger partial charge is 0.217 e. The molecular weight excluding hydrogens is 446 g/mol.